The molecule has 2 bridgehead atoms. The normalized spacial score (nSPS) is 28.6. The van der Waals surface area contributed by atoms with Gasteiger partial charge in [0.05, 0.1) is 11.8 Å². The third-order valence-corrected chi connectivity index (χ3v) is 5.91. The Bertz CT molecular complexity index is 801. The molecule has 1 aliphatic heterocycles. The van der Waals surface area contributed by atoms with Crippen LogP contribution in [0.4, 0.5) is 0 Å². The van der Waals surface area contributed by atoms with Gasteiger partial charge in [0.2, 0.25) is 11.8 Å². The third kappa shape index (κ3) is 2.80. The molecule has 1 saturated carbocycles. The number of likely N-dealkylation sites (tertiary alicyclic amines) is 1. The summed E-state index contributed by atoms with van der Waals surface area (Å²) in [6, 6.07) is 6.69. The number of nitrogens with zero attached hydrogens (tertiary/aromatic N) is 1. The summed E-state index contributed by atoms with van der Waals surface area (Å²) in [5.41, 5.74) is 0.423. The van der Waals surface area contributed by atoms with Crippen molar-refractivity contribution >= 4 is 39.5 Å². The number of benzene rings is 1. The van der Waals surface area contributed by atoms with Crippen LogP contribution in [0.1, 0.15) is 16.8 Å². The van der Waals surface area contributed by atoms with E-state index in [0.717, 1.165) is 15.8 Å². The van der Waals surface area contributed by atoms with E-state index >= 15 is 0 Å². The SMILES string of the molecule is O=C(CN1C(=O)[C@@H]2[C@H](C1=O)[C@H]1C=C[C@@H]2C1)OCC(=O)c1ccc(Br)cc1. The van der Waals surface area contributed by atoms with E-state index in [0.29, 0.717) is 5.56 Å². The topological polar surface area (TPSA) is 80.8 Å². The molecule has 2 fully saturated rings. The second-order valence-corrected chi connectivity index (χ2v) is 7.77. The van der Waals surface area contributed by atoms with Crippen LogP contribution in [0.25, 0.3) is 0 Å². The standard InChI is InChI=1S/C19H16BrNO5/c20-13-5-3-10(4-6-13)14(22)9-26-15(23)8-21-18(24)16-11-1-2-12(7-11)17(16)19(21)25/h1-6,11-12,16-17H,7-9H2/t11-,12+,16+,17-. The van der Waals surface area contributed by atoms with Crippen LogP contribution in [0.3, 0.4) is 0 Å². The summed E-state index contributed by atoms with van der Waals surface area (Å²) >= 11 is 3.28. The van der Waals surface area contributed by atoms with Crippen LogP contribution in [0.15, 0.2) is 40.9 Å². The molecule has 7 heteroatoms. The number of imide groups is 1. The van der Waals surface area contributed by atoms with Gasteiger partial charge in [0.25, 0.3) is 0 Å². The molecular weight excluding hydrogens is 402 g/mol. The number of ether oxygens (including phenoxy) is 1. The number of fused-ring (bicyclic) bond motifs is 5. The maximum Gasteiger partial charge on any atom is 0.326 e. The van der Waals surface area contributed by atoms with Crippen LogP contribution in [0.2, 0.25) is 0 Å². The zero-order chi connectivity index (χ0) is 18.4. The van der Waals surface area contributed by atoms with Crippen molar-refractivity contribution in [1.82, 2.24) is 4.90 Å². The summed E-state index contributed by atoms with van der Waals surface area (Å²) in [7, 11) is 0. The van der Waals surface area contributed by atoms with Crippen molar-refractivity contribution in [3.8, 4) is 0 Å². The zero-order valence-corrected chi connectivity index (χ0v) is 15.3. The van der Waals surface area contributed by atoms with Gasteiger partial charge in [-0.15, -0.1) is 0 Å². The van der Waals surface area contributed by atoms with E-state index in [1.807, 2.05) is 12.2 Å². The van der Waals surface area contributed by atoms with Gasteiger partial charge in [0.15, 0.2) is 12.4 Å². The number of allylic oxidation sites excluding steroid dienone is 2. The van der Waals surface area contributed by atoms with Crippen molar-refractivity contribution in [1.29, 1.82) is 0 Å². The Morgan fingerprint density at radius 1 is 1.04 bits per heavy atom. The second kappa shape index (κ2) is 6.46. The minimum atomic E-state index is -0.752. The van der Waals surface area contributed by atoms with Crippen LogP contribution in [0.5, 0.6) is 0 Å². The maximum absolute atomic E-state index is 12.5. The lowest BCUT2D eigenvalue weighted by molar-refractivity contribution is -0.152. The predicted molar refractivity (Wildman–Crippen MR) is 93.9 cm³/mol. The molecule has 2 amide bonds. The van der Waals surface area contributed by atoms with Gasteiger partial charge >= 0.3 is 5.97 Å². The Hall–Kier alpha value is -2.28. The molecule has 1 saturated heterocycles. The van der Waals surface area contributed by atoms with Crippen molar-refractivity contribution in [2.45, 2.75) is 6.42 Å². The van der Waals surface area contributed by atoms with Crippen LogP contribution in [-0.2, 0) is 19.1 Å². The molecule has 0 aromatic heterocycles. The first-order valence-electron chi connectivity index (χ1n) is 8.43. The molecule has 1 aromatic carbocycles. The minimum Gasteiger partial charge on any atom is -0.456 e. The zero-order valence-electron chi connectivity index (χ0n) is 13.8. The largest absolute Gasteiger partial charge is 0.456 e. The van der Waals surface area contributed by atoms with Crippen LogP contribution < -0.4 is 0 Å². The Morgan fingerprint density at radius 3 is 2.19 bits per heavy atom. The fourth-order valence-corrected chi connectivity index (χ4v) is 4.42. The van der Waals surface area contributed by atoms with Gasteiger partial charge in [0.1, 0.15) is 6.54 Å². The van der Waals surface area contributed by atoms with Crippen molar-refractivity contribution < 1.29 is 23.9 Å². The van der Waals surface area contributed by atoms with E-state index in [4.69, 9.17) is 4.74 Å². The third-order valence-electron chi connectivity index (χ3n) is 5.38. The number of carbonyl (C=O) groups is 4. The molecule has 134 valence electrons. The maximum atomic E-state index is 12.5. The first-order chi connectivity index (χ1) is 12.5. The van der Waals surface area contributed by atoms with Gasteiger partial charge in [0, 0.05) is 10.0 Å². The van der Waals surface area contributed by atoms with Gasteiger partial charge in [-0.1, -0.05) is 40.2 Å². The second-order valence-electron chi connectivity index (χ2n) is 6.85. The molecule has 4 rings (SSSR count). The average molecular weight is 418 g/mol. The molecule has 26 heavy (non-hydrogen) atoms. The fraction of sp³-hybridized carbons (Fsp3) is 0.368. The summed E-state index contributed by atoms with van der Waals surface area (Å²) in [5, 5.41) is 0. The van der Waals surface area contributed by atoms with Crippen molar-refractivity contribution in [2.75, 3.05) is 13.2 Å². The smallest absolute Gasteiger partial charge is 0.326 e. The van der Waals surface area contributed by atoms with E-state index in [-0.39, 0.29) is 41.3 Å². The van der Waals surface area contributed by atoms with E-state index in [9.17, 15) is 19.2 Å². The Morgan fingerprint density at radius 2 is 1.62 bits per heavy atom. The number of Topliss-reactive ketones (excluding diaryl/α,β-unsaturated/α-hetero) is 1. The molecule has 0 unspecified atom stereocenters. The molecule has 0 radical (unpaired) electrons. The highest BCUT2D eigenvalue weighted by atomic mass is 79.9. The average Bonchev–Trinajstić information content (AvgIpc) is 3.30. The molecule has 6 nitrogen and oxygen atoms in total. The number of carbonyl (C=O) groups excluding carboxylic acids is 4. The summed E-state index contributed by atoms with van der Waals surface area (Å²) in [5.74, 6) is -2.17. The lowest BCUT2D eigenvalue weighted by Gasteiger charge is -2.16. The van der Waals surface area contributed by atoms with E-state index < -0.39 is 19.1 Å². The Kier molecular flexibility index (Phi) is 4.26. The first-order valence-corrected chi connectivity index (χ1v) is 9.23. The molecular formula is C19H16BrNO5. The lowest BCUT2D eigenvalue weighted by atomic mass is 9.85. The molecule has 3 aliphatic rings. The lowest BCUT2D eigenvalue weighted by Crippen LogP contribution is -2.38. The predicted octanol–water partition coefficient (Wildman–Crippen LogP) is 1.98. The van der Waals surface area contributed by atoms with Crippen molar-refractivity contribution in [2.24, 2.45) is 23.7 Å². The van der Waals surface area contributed by atoms with Crippen LogP contribution in [0, 0.1) is 23.7 Å². The number of amides is 2. The van der Waals surface area contributed by atoms with E-state index in [1.165, 1.54) is 0 Å². The Balaban J connectivity index is 1.34. The summed E-state index contributed by atoms with van der Waals surface area (Å²) in [6.07, 6.45) is 4.83. The fourth-order valence-electron chi connectivity index (χ4n) is 4.16. The summed E-state index contributed by atoms with van der Waals surface area (Å²) < 4.78 is 5.82. The Labute approximate surface area is 158 Å². The number of ketones is 1. The molecule has 0 N–H and O–H groups in total. The van der Waals surface area contributed by atoms with Gasteiger partial charge in [-0.05, 0) is 30.4 Å². The van der Waals surface area contributed by atoms with E-state index in [2.05, 4.69) is 15.9 Å². The number of halogens is 1. The van der Waals surface area contributed by atoms with Crippen LogP contribution in [-0.4, -0.2) is 41.6 Å². The van der Waals surface area contributed by atoms with Gasteiger partial charge in [-0.25, -0.2) is 0 Å². The highest BCUT2D eigenvalue weighted by molar-refractivity contribution is 9.10. The number of hydrogen-bond donors (Lipinski definition) is 0. The number of esters is 1. The molecule has 4 atom stereocenters. The van der Waals surface area contributed by atoms with Gasteiger partial charge < -0.3 is 4.74 Å². The molecule has 0 spiro atoms. The van der Waals surface area contributed by atoms with Crippen molar-refractivity contribution in [3.63, 3.8) is 0 Å². The van der Waals surface area contributed by atoms with Crippen LogP contribution >= 0.6 is 15.9 Å². The number of hydrogen-bond acceptors (Lipinski definition) is 5. The van der Waals surface area contributed by atoms with E-state index in [1.54, 1.807) is 24.3 Å². The van der Waals surface area contributed by atoms with Gasteiger partial charge in [-0.3, -0.25) is 24.1 Å². The molecule has 1 aromatic rings. The first kappa shape index (κ1) is 17.1. The summed E-state index contributed by atoms with van der Waals surface area (Å²) in [6.45, 7) is -0.853. The van der Waals surface area contributed by atoms with Crippen molar-refractivity contribution in [3.05, 3.63) is 46.5 Å². The highest BCUT2D eigenvalue weighted by Crippen LogP contribution is 2.52. The highest BCUT2D eigenvalue weighted by Gasteiger charge is 2.59. The monoisotopic (exact) mass is 417 g/mol. The molecule has 1 heterocycles. The number of rotatable bonds is 5. The quantitative estimate of drug-likeness (QED) is 0.316. The minimum absolute atomic E-state index is 0.0986. The molecule has 2 aliphatic carbocycles. The summed E-state index contributed by atoms with van der Waals surface area (Å²) in [4.78, 5) is 50.1. The van der Waals surface area contributed by atoms with Gasteiger partial charge in [-0.2, -0.15) is 0 Å².